The lowest BCUT2D eigenvalue weighted by Crippen LogP contribution is -2.46. The van der Waals surface area contributed by atoms with E-state index in [0.29, 0.717) is 13.0 Å². The molecule has 0 aromatic heterocycles. The van der Waals surface area contributed by atoms with E-state index in [1.54, 1.807) is 4.90 Å². The number of carbonyl (C=O) groups is 1. The van der Waals surface area contributed by atoms with Gasteiger partial charge in [-0.2, -0.15) is 0 Å². The molecule has 1 heterocycles. The van der Waals surface area contributed by atoms with Gasteiger partial charge in [-0.1, -0.05) is 43.0 Å². The molecule has 0 radical (unpaired) electrons. The molecule has 1 amide bonds. The fourth-order valence-electron chi connectivity index (χ4n) is 2.01. The zero-order chi connectivity index (χ0) is 12.2. The van der Waals surface area contributed by atoms with Crippen molar-refractivity contribution in [1.29, 1.82) is 0 Å². The van der Waals surface area contributed by atoms with Crippen LogP contribution in [0.25, 0.3) is 0 Å². The summed E-state index contributed by atoms with van der Waals surface area (Å²) in [5.74, 6) is -0.249. The topological polar surface area (TPSA) is 40.5 Å². The Labute approximate surface area is 107 Å². The first-order valence-electron chi connectivity index (χ1n) is 5.82. The van der Waals surface area contributed by atoms with E-state index in [1.807, 2.05) is 6.92 Å². The first kappa shape index (κ1) is 14.1. The van der Waals surface area contributed by atoms with Crippen LogP contribution < -0.4 is 0 Å². The highest BCUT2D eigenvalue weighted by molar-refractivity contribution is 6.58. The van der Waals surface area contributed by atoms with Crippen molar-refractivity contribution in [3.05, 3.63) is 0 Å². The molecule has 1 aliphatic rings. The monoisotopic (exact) mass is 267 g/mol. The predicted octanol–water partition coefficient (Wildman–Crippen LogP) is 2.33. The molecule has 0 saturated carbocycles. The Morgan fingerprint density at radius 2 is 2.25 bits per heavy atom. The zero-order valence-electron chi connectivity index (χ0n) is 9.59. The van der Waals surface area contributed by atoms with Gasteiger partial charge in [-0.15, -0.1) is 0 Å². The molecule has 0 spiro atoms. The van der Waals surface area contributed by atoms with Crippen LogP contribution in [0, 0.1) is 0 Å². The highest BCUT2D eigenvalue weighted by Crippen LogP contribution is 2.32. The van der Waals surface area contributed by atoms with Crippen LogP contribution in [0.3, 0.4) is 0 Å². The lowest BCUT2D eigenvalue weighted by Gasteiger charge is -2.29. The molecule has 1 aliphatic heterocycles. The summed E-state index contributed by atoms with van der Waals surface area (Å²) in [6.07, 6.45) is 4.00. The minimum absolute atomic E-state index is 0.0105. The third kappa shape index (κ3) is 3.25. The van der Waals surface area contributed by atoms with Gasteiger partial charge in [0.15, 0.2) is 4.33 Å². The number of unbranched alkanes of at least 4 members (excludes halogenated alkanes) is 1. The normalized spacial score (nSPS) is 21.5. The van der Waals surface area contributed by atoms with E-state index >= 15 is 0 Å². The molecule has 0 unspecified atom stereocenters. The van der Waals surface area contributed by atoms with Crippen LogP contribution in [0.1, 0.15) is 39.0 Å². The molecule has 1 atom stereocenters. The van der Waals surface area contributed by atoms with Crippen LogP contribution in [0.2, 0.25) is 0 Å². The molecule has 5 heteroatoms. The third-order valence-corrected chi connectivity index (χ3v) is 3.71. The Morgan fingerprint density at radius 1 is 1.56 bits per heavy atom. The largest absolute Gasteiger partial charge is 0.394 e. The molecule has 1 N–H and O–H groups in total. The smallest absolute Gasteiger partial charge is 0.259 e. The summed E-state index contributed by atoms with van der Waals surface area (Å²) in [6, 6.07) is -0.106. The number of rotatable bonds is 5. The van der Waals surface area contributed by atoms with Crippen molar-refractivity contribution in [2.75, 3.05) is 13.2 Å². The number of aliphatic hydroxyl groups excluding tert-OH is 1. The highest BCUT2D eigenvalue weighted by atomic mass is 35.5. The summed E-state index contributed by atoms with van der Waals surface area (Å²) in [4.78, 5) is 13.7. The van der Waals surface area contributed by atoms with Gasteiger partial charge in [0.1, 0.15) is 0 Å². The lowest BCUT2D eigenvalue weighted by atomic mass is 10.1. The molecular weight excluding hydrogens is 249 g/mol. The number of halogens is 2. The standard InChI is InChI=1S/C11H19Cl2NO2/c1-2-3-6-11(12,13)10(16)14-7-4-5-9(14)8-15/h9,15H,2-8H2,1H3/t9-/m0/s1. The van der Waals surface area contributed by atoms with Crippen molar-refractivity contribution in [2.24, 2.45) is 0 Å². The summed E-state index contributed by atoms with van der Waals surface area (Å²) in [6.45, 7) is 2.67. The first-order chi connectivity index (χ1) is 7.53. The van der Waals surface area contributed by atoms with E-state index in [4.69, 9.17) is 28.3 Å². The number of nitrogens with zero attached hydrogens (tertiary/aromatic N) is 1. The van der Waals surface area contributed by atoms with Crippen LogP contribution in [-0.4, -0.2) is 39.4 Å². The molecule has 1 rings (SSSR count). The van der Waals surface area contributed by atoms with Crippen molar-refractivity contribution in [3.63, 3.8) is 0 Å². The minimum atomic E-state index is -1.33. The number of hydrogen-bond donors (Lipinski definition) is 1. The van der Waals surface area contributed by atoms with Gasteiger partial charge in [0.2, 0.25) is 0 Å². The number of alkyl halides is 2. The Balaban J connectivity index is 2.61. The van der Waals surface area contributed by atoms with Crippen LogP contribution in [-0.2, 0) is 4.79 Å². The molecule has 3 nitrogen and oxygen atoms in total. The van der Waals surface area contributed by atoms with E-state index in [2.05, 4.69) is 0 Å². The number of amides is 1. The molecule has 0 bridgehead atoms. The van der Waals surface area contributed by atoms with Gasteiger partial charge in [-0.25, -0.2) is 0 Å². The van der Waals surface area contributed by atoms with Gasteiger partial charge in [-0.05, 0) is 19.3 Å². The van der Waals surface area contributed by atoms with E-state index in [9.17, 15) is 4.79 Å². The average Bonchev–Trinajstić information content (AvgIpc) is 2.73. The molecule has 16 heavy (non-hydrogen) atoms. The van der Waals surface area contributed by atoms with Crippen LogP contribution in [0.4, 0.5) is 0 Å². The van der Waals surface area contributed by atoms with E-state index in [0.717, 1.165) is 25.7 Å². The molecule has 1 fully saturated rings. The van der Waals surface area contributed by atoms with Crippen LogP contribution in [0.15, 0.2) is 0 Å². The maximum atomic E-state index is 12.1. The summed E-state index contributed by atoms with van der Waals surface area (Å²) in [5.41, 5.74) is 0. The Kier molecular flexibility index (Phi) is 5.35. The SMILES string of the molecule is CCCCC(Cl)(Cl)C(=O)N1CCC[C@H]1CO. The quantitative estimate of drug-likeness (QED) is 0.777. The maximum absolute atomic E-state index is 12.1. The highest BCUT2D eigenvalue weighted by Gasteiger charge is 2.40. The molecule has 0 aliphatic carbocycles. The predicted molar refractivity (Wildman–Crippen MR) is 65.8 cm³/mol. The number of likely N-dealkylation sites (tertiary alicyclic amines) is 1. The Morgan fingerprint density at radius 3 is 2.81 bits per heavy atom. The third-order valence-electron chi connectivity index (χ3n) is 3.01. The Hall–Kier alpha value is 0.01000. The summed E-state index contributed by atoms with van der Waals surface area (Å²) in [5, 5.41) is 9.15. The second-order valence-corrected chi connectivity index (χ2v) is 5.77. The van der Waals surface area contributed by atoms with Crippen molar-refractivity contribution in [2.45, 2.75) is 49.4 Å². The second kappa shape index (κ2) is 6.08. The van der Waals surface area contributed by atoms with E-state index in [1.165, 1.54) is 0 Å². The number of hydrogen-bond acceptors (Lipinski definition) is 2. The second-order valence-electron chi connectivity index (χ2n) is 4.29. The molecular formula is C11H19Cl2NO2. The summed E-state index contributed by atoms with van der Waals surface area (Å²) < 4.78 is -1.33. The van der Waals surface area contributed by atoms with E-state index in [-0.39, 0.29) is 18.6 Å². The fraction of sp³-hybridized carbons (Fsp3) is 0.909. The van der Waals surface area contributed by atoms with Gasteiger partial charge in [0, 0.05) is 6.54 Å². The van der Waals surface area contributed by atoms with Crippen LogP contribution in [0.5, 0.6) is 0 Å². The summed E-state index contributed by atoms with van der Waals surface area (Å²) >= 11 is 12.1. The zero-order valence-corrected chi connectivity index (χ0v) is 11.1. The van der Waals surface area contributed by atoms with Gasteiger partial charge in [-0.3, -0.25) is 4.79 Å². The lowest BCUT2D eigenvalue weighted by molar-refractivity contribution is -0.133. The van der Waals surface area contributed by atoms with Crippen molar-refractivity contribution < 1.29 is 9.90 Å². The van der Waals surface area contributed by atoms with E-state index < -0.39 is 4.33 Å². The first-order valence-corrected chi connectivity index (χ1v) is 6.58. The maximum Gasteiger partial charge on any atom is 0.259 e. The number of carbonyl (C=O) groups excluding carboxylic acids is 1. The Bertz CT molecular complexity index is 246. The van der Waals surface area contributed by atoms with Crippen molar-refractivity contribution in [3.8, 4) is 0 Å². The van der Waals surface area contributed by atoms with Crippen LogP contribution >= 0.6 is 23.2 Å². The van der Waals surface area contributed by atoms with Gasteiger partial charge in [0.05, 0.1) is 12.6 Å². The van der Waals surface area contributed by atoms with Gasteiger partial charge in [0.25, 0.3) is 5.91 Å². The van der Waals surface area contributed by atoms with Gasteiger partial charge >= 0.3 is 0 Å². The molecule has 94 valence electrons. The number of aliphatic hydroxyl groups is 1. The van der Waals surface area contributed by atoms with Gasteiger partial charge < -0.3 is 10.0 Å². The molecule has 1 saturated heterocycles. The van der Waals surface area contributed by atoms with Crippen molar-refractivity contribution >= 4 is 29.1 Å². The average molecular weight is 268 g/mol. The fourth-order valence-corrected chi connectivity index (χ4v) is 2.49. The van der Waals surface area contributed by atoms with Crippen molar-refractivity contribution in [1.82, 2.24) is 4.90 Å². The minimum Gasteiger partial charge on any atom is -0.394 e. The summed E-state index contributed by atoms with van der Waals surface area (Å²) in [7, 11) is 0. The molecule has 0 aromatic carbocycles. The molecule has 0 aromatic rings.